The number of hydrogen-bond acceptors (Lipinski definition) is 4. The first-order chi connectivity index (χ1) is 11.5. The molecule has 0 aliphatic rings. The van der Waals surface area contributed by atoms with Crippen molar-refractivity contribution >= 4 is 29.1 Å². The lowest BCUT2D eigenvalue weighted by Crippen LogP contribution is -2.39. The summed E-state index contributed by atoms with van der Waals surface area (Å²) in [7, 11) is 0. The monoisotopic (exact) mass is 349 g/mol. The second-order valence-electron chi connectivity index (χ2n) is 5.36. The maximum atomic E-state index is 11.9. The van der Waals surface area contributed by atoms with Crippen molar-refractivity contribution in [2.45, 2.75) is 19.9 Å². The van der Waals surface area contributed by atoms with Crippen LogP contribution in [0.5, 0.6) is 0 Å². The van der Waals surface area contributed by atoms with E-state index in [0.717, 1.165) is 11.3 Å². The molecular weight excluding hydrogens is 330 g/mol. The van der Waals surface area contributed by atoms with E-state index in [-0.39, 0.29) is 30.9 Å². The molecule has 0 radical (unpaired) electrons. The summed E-state index contributed by atoms with van der Waals surface area (Å²) in [5.41, 5.74) is 1.42. The molecule has 0 fully saturated rings. The predicted molar refractivity (Wildman–Crippen MR) is 93.0 cm³/mol. The van der Waals surface area contributed by atoms with Crippen molar-refractivity contribution in [3.8, 4) is 0 Å². The van der Waals surface area contributed by atoms with E-state index in [9.17, 15) is 9.59 Å². The lowest BCUT2D eigenvalue weighted by molar-refractivity contribution is -0.123. The van der Waals surface area contributed by atoms with Crippen molar-refractivity contribution in [2.75, 3.05) is 18.4 Å². The summed E-state index contributed by atoms with van der Waals surface area (Å²) in [5.74, 6) is 0.163. The summed E-state index contributed by atoms with van der Waals surface area (Å²) in [6, 6.07) is 8.79. The van der Waals surface area contributed by atoms with Crippen LogP contribution in [0.25, 0.3) is 0 Å². The van der Waals surface area contributed by atoms with Crippen LogP contribution in [0.4, 0.5) is 5.69 Å². The van der Waals surface area contributed by atoms with Crippen molar-refractivity contribution in [1.29, 1.82) is 0 Å². The van der Waals surface area contributed by atoms with Crippen LogP contribution in [0.2, 0.25) is 5.02 Å². The normalized spacial score (nSPS) is 11.8. The maximum Gasteiger partial charge on any atom is 0.243 e. The van der Waals surface area contributed by atoms with Crippen LogP contribution in [-0.2, 0) is 9.59 Å². The number of anilines is 1. The van der Waals surface area contributed by atoms with Crippen molar-refractivity contribution in [3.63, 3.8) is 0 Å². The number of nitrogens with one attached hydrogen (secondary N) is 3. The molecule has 24 heavy (non-hydrogen) atoms. The fourth-order valence-corrected chi connectivity index (χ4v) is 2.24. The van der Waals surface area contributed by atoms with Crippen molar-refractivity contribution < 1.29 is 14.0 Å². The number of furan rings is 1. The standard InChI is InChI=1S/C17H20ClN3O3/c1-11-13(18)5-3-6-14(11)21-17(23)10-20-16(22)9-19-12(2)15-7-4-8-24-15/h3-8,12,19H,9-10H2,1-2H3,(H,20,22)(H,21,23)/t12-/m0/s1. The number of rotatable bonds is 7. The highest BCUT2D eigenvalue weighted by atomic mass is 35.5. The fraction of sp³-hybridized carbons (Fsp3) is 0.294. The third kappa shape index (κ3) is 5.11. The molecule has 3 N–H and O–H groups in total. The number of amides is 2. The summed E-state index contributed by atoms with van der Waals surface area (Å²) >= 11 is 6.00. The van der Waals surface area contributed by atoms with E-state index in [2.05, 4.69) is 16.0 Å². The Bertz CT molecular complexity index is 701. The second-order valence-corrected chi connectivity index (χ2v) is 5.76. The zero-order valence-corrected chi connectivity index (χ0v) is 14.3. The minimum absolute atomic E-state index is 0.0886. The Kier molecular flexibility index (Phi) is 6.40. The van der Waals surface area contributed by atoms with Gasteiger partial charge in [-0.25, -0.2) is 0 Å². The average Bonchev–Trinajstić information content (AvgIpc) is 3.09. The number of hydrogen-bond donors (Lipinski definition) is 3. The molecule has 2 amide bonds. The molecule has 0 spiro atoms. The molecule has 0 aliphatic heterocycles. The van der Waals surface area contributed by atoms with Crippen LogP contribution in [-0.4, -0.2) is 24.9 Å². The summed E-state index contributed by atoms with van der Waals surface area (Å²) in [6.45, 7) is 3.68. The van der Waals surface area contributed by atoms with E-state index >= 15 is 0 Å². The van der Waals surface area contributed by atoms with Gasteiger partial charge in [-0.05, 0) is 43.7 Å². The molecule has 128 valence electrons. The number of carbonyl (C=O) groups excluding carboxylic acids is 2. The highest BCUT2D eigenvalue weighted by Gasteiger charge is 2.11. The van der Waals surface area contributed by atoms with Crippen LogP contribution < -0.4 is 16.0 Å². The summed E-state index contributed by atoms with van der Waals surface area (Å²) in [6.07, 6.45) is 1.58. The Balaban J connectivity index is 1.73. The van der Waals surface area contributed by atoms with E-state index < -0.39 is 0 Å². The molecule has 0 saturated carbocycles. The molecule has 1 heterocycles. The van der Waals surface area contributed by atoms with Crippen molar-refractivity contribution in [3.05, 3.63) is 52.9 Å². The van der Waals surface area contributed by atoms with E-state index in [1.165, 1.54) is 0 Å². The minimum Gasteiger partial charge on any atom is -0.468 e. The number of carbonyl (C=O) groups is 2. The Morgan fingerprint density at radius 1 is 1.17 bits per heavy atom. The molecule has 0 unspecified atom stereocenters. The molecule has 0 aliphatic carbocycles. The van der Waals surface area contributed by atoms with Gasteiger partial charge in [-0.15, -0.1) is 0 Å². The molecule has 7 heteroatoms. The van der Waals surface area contributed by atoms with Crippen molar-refractivity contribution in [2.24, 2.45) is 0 Å². The first kappa shape index (κ1) is 18.0. The van der Waals surface area contributed by atoms with Gasteiger partial charge in [-0.3, -0.25) is 14.9 Å². The predicted octanol–water partition coefficient (Wildman–Crippen LogP) is 2.65. The zero-order chi connectivity index (χ0) is 17.5. The molecule has 2 aromatic rings. The highest BCUT2D eigenvalue weighted by molar-refractivity contribution is 6.31. The van der Waals surface area contributed by atoms with E-state index in [1.807, 2.05) is 19.9 Å². The first-order valence-electron chi connectivity index (χ1n) is 7.56. The lowest BCUT2D eigenvalue weighted by atomic mass is 10.2. The molecule has 6 nitrogen and oxygen atoms in total. The van der Waals surface area contributed by atoms with Gasteiger partial charge in [-0.2, -0.15) is 0 Å². The van der Waals surface area contributed by atoms with Crippen LogP contribution in [0.15, 0.2) is 41.0 Å². The summed E-state index contributed by atoms with van der Waals surface area (Å²) < 4.78 is 5.24. The van der Waals surface area contributed by atoms with E-state index in [1.54, 1.807) is 30.5 Å². The van der Waals surface area contributed by atoms with Gasteiger partial charge in [0.25, 0.3) is 0 Å². The summed E-state index contributed by atoms with van der Waals surface area (Å²) in [4.78, 5) is 23.7. The third-order valence-corrected chi connectivity index (χ3v) is 3.94. The second kappa shape index (κ2) is 8.52. The SMILES string of the molecule is Cc1c(Cl)cccc1NC(=O)CNC(=O)CN[C@@H](C)c1ccco1. The molecule has 2 rings (SSSR count). The highest BCUT2D eigenvalue weighted by Crippen LogP contribution is 2.22. The molecule has 1 aromatic carbocycles. The number of benzene rings is 1. The number of halogens is 1. The quantitative estimate of drug-likeness (QED) is 0.717. The Labute approximate surface area is 145 Å². The largest absolute Gasteiger partial charge is 0.468 e. The van der Waals surface area contributed by atoms with Gasteiger partial charge in [0.15, 0.2) is 0 Å². The third-order valence-electron chi connectivity index (χ3n) is 3.53. The molecule has 1 aromatic heterocycles. The zero-order valence-electron chi connectivity index (χ0n) is 13.6. The van der Waals surface area contributed by atoms with E-state index in [4.69, 9.17) is 16.0 Å². The topological polar surface area (TPSA) is 83.4 Å². The van der Waals surface area contributed by atoms with Gasteiger partial charge < -0.3 is 15.1 Å². The lowest BCUT2D eigenvalue weighted by Gasteiger charge is -2.12. The minimum atomic E-state index is -0.312. The average molecular weight is 350 g/mol. The molecule has 1 atom stereocenters. The fourth-order valence-electron chi connectivity index (χ4n) is 2.06. The summed E-state index contributed by atoms with van der Waals surface area (Å²) in [5, 5.41) is 8.88. The van der Waals surface area contributed by atoms with Crippen LogP contribution in [0, 0.1) is 6.92 Å². The maximum absolute atomic E-state index is 11.9. The smallest absolute Gasteiger partial charge is 0.243 e. The van der Waals surface area contributed by atoms with Crippen LogP contribution in [0.1, 0.15) is 24.3 Å². The van der Waals surface area contributed by atoms with Gasteiger partial charge in [0, 0.05) is 10.7 Å². The van der Waals surface area contributed by atoms with Crippen LogP contribution >= 0.6 is 11.6 Å². The molecular formula is C17H20ClN3O3. The Morgan fingerprint density at radius 2 is 1.96 bits per heavy atom. The molecule has 0 bridgehead atoms. The van der Waals surface area contributed by atoms with Gasteiger partial charge in [0.2, 0.25) is 11.8 Å². The molecule has 0 saturated heterocycles. The first-order valence-corrected chi connectivity index (χ1v) is 7.93. The Hall–Kier alpha value is -2.31. The Morgan fingerprint density at radius 3 is 2.67 bits per heavy atom. The van der Waals surface area contributed by atoms with Gasteiger partial charge in [0.05, 0.1) is 25.4 Å². The van der Waals surface area contributed by atoms with Crippen LogP contribution in [0.3, 0.4) is 0 Å². The van der Waals surface area contributed by atoms with E-state index in [0.29, 0.717) is 10.7 Å². The van der Waals surface area contributed by atoms with Gasteiger partial charge >= 0.3 is 0 Å². The van der Waals surface area contributed by atoms with Gasteiger partial charge in [-0.1, -0.05) is 17.7 Å². The van der Waals surface area contributed by atoms with Gasteiger partial charge in [0.1, 0.15) is 5.76 Å². The van der Waals surface area contributed by atoms with Crippen molar-refractivity contribution in [1.82, 2.24) is 10.6 Å².